The van der Waals surface area contributed by atoms with E-state index in [1.165, 1.54) is 34.9 Å². The molecule has 0 bridgehead atoms. The number of para-hydroxylation sites is 1. The van der Waals surface area contributed by atoms with E-state index >= 15 is 0 Å². The van der Waals surface area contributed by atoms with Gasteiger partial charge in [-0.1, -0.05) is 18.2 Å². The fourth-order valence-electron chi connectivity index (χ4n) is 2.12. The summed E-state index contributed by atoms with van der Waals surface area (Å²) < 4.78 is 28.4. The molecule has 10 heteroatoms. The normalized spacial score (nSPS) is 11.4. The molecular weight excluding hydrogens is 332 g/mol. The minimum atomic E-state index is -3.91. The predicted octanol–water partition coefficient (Wildman–Crippen LogP) is 0.506. The maximum absolute atomic E-state index is 12.4. The number of primary amides is 1. The van der Waals surface area contributed by atoms with Gasteiger partial charge in [0, 0.05) is 13.2 Å². The fourth-order valence-corrected chi connectivity index (χ4v) is 3.17. The summed E-state index contributed by atoms with van der Waals surface area (Å²) in [6.45, 7) is 0. The zero-order valence-corrected chi connectivity index (χ0v) is 13.4. The summed E-state index contributed by atoms with van der Waals surface area (Å²) in [6, 6.07) is 10.3. The first-order valence-corrected chi connectivity index (χ1v) is 8.32. The highest BCUT2D eigenvalue weighted by atomic mass is 32.2. The van der Waals surface area contributed by atoms with Gasteiger partial charge in [0.15, 0.2) is 5.82 Å². The smallest absolute Gasteiger partial charge is 0.265 e. The number of anilines is 1. The van der Waals surface area contributed by atoms with Gasteiger partial charge in [0.1, 0.15) is 10.6 Å². The van der Waals surface area contributed by atoms with E-state index in [0.717, 1.165) is 0 Å². The summed E-state index contributed by atoms with van der Waals surface area (Å²) in [7, 11) is -2.38. The van der Waals surface area contributed by atoms with Crippen LogP contribution in [-0.2, 0) is 17.1 Å². The molecule has 0 fully saturated rings. The summed E-state index contributed by atoms with van der Waals surface area (Å²) in [5.74, 6) is -0.655. The van der Waals surface area contributed by atoms with Crippen LogP contribution in [0.4, 0.5) is 5.82 Å². The summed E-state index contributed by atoms with van der Waals surface area (Å²) >= 11 is 0. The predicted molar refractivity (Wildman–Crippen MR) is 86.1 cm³/mol. The van der Waals surface area contributed by atoms with E-state index in [4.69, 9.17) is 5.73 Å². The number of sulfonamides is 1. The first kappa shape index (κ1) is 15.7. The minimum absolute atomic E-state index is 0.0586. The molecule has 9 nitrogen and oxygen atoms in total. The van der Waals surface area contributed by atoms with E-state index in [1.54, 1.807) is 12.1 Å². The molecule has 0 saturated heterocycles. The molecule has 2 aromatic heterocycles. The van der Waals surface area contributed by atoms with Gasteiger partial charge >= 0.3 is 0 Å². The van der Waals surface area contributed by atoms with Crippen LogP contribution in [-0.4, -0.2) is 33.9 Å². The standard InChI is InChI=1S/C14H14N6O3S/c1-19-9-11(7-12(19)14(15)21)24(22,23)18-13-8-16-20(17-13)10-5-3-2-4-6-10/h2-9H,1H3,(H2,15,21)(H,17,18). The Labute approximate surface area is 137 Å². The number of nitrogens with one attached hydrogen (secondary N) is 1. The molecule has 124 valence electrons. The largest absolute Gasteiger partial charge is 0.364 e. The van der Waals surface area contributed by atoms with Gasteiger partial charge in [-0.3, -0.25) is 9.52 Å². The SMILES string of the molecule is Cn1cc(S(=O)(=O)Nc2cnn(-c3ccccc3)n2)cc1C(N)=O. The van der Waals surface area contributed by atoms with Crippen LogP contribution in [0.1, 0.15) is 10.5 Å². The number of benzene rings is 1. The summed E-state index contributed by atoms with van der Waals surface area (Å²) in [6.07, 6.45) is 2.59. The Hall–Kier alpha value is -3.14. The molecule has 2 heterocycles. The summed E-state index contributed by atoms with van der Waals surface area (Å²) in [5.41, 5.74) is 5.97. The Morgan fingerprint density at radius 3 is 2.58 bits per heavy atom. The number of hydrogen-bond acceptors (Lipinski definition) is 5. The van der Waals surface area contributed by atoms with Crippen LogP contribution in [0.3, 0.4) is 0 Å². The topological polar surface area (TPSA) is 125 Å². The van der Waals surface area contributed by atoms with E-state index in [0.29, 0.717) is 5.69 Å². The van der Waals surface area contributed by atoms with Crippen molar-refractivity contribution in [1.82, 2.24) is 19.6 Å². The molecule has 0 aliphatic heterocycles. The van der Waals surface area contributed by atoms with Crippen LogP contribution in [0.15, 0.2) is 53.7 Å². The molecule has 1 amide bonds. The van der Waals surface area contributed by atoms with Gasteiger partial charge in [-0.05, 0) is 18.2 Å². The van der Waals surface area contributed by atoms with Crippen molar-refractivity contribution in [2.24, 2.45) is 12.8 Å². The number of rotatable bonds is 5. The highest BCUT2D eigenvalue weighted by Crippen LogP contribution is 2.17. The second kappa shape index (κ2) is 5.81. The van der Waals surface area contributed by atoms with Crippen LogP contribution in [0.25, 0.3) is 5.69 Å². The van der Waals surface area contributed by atoms with Gasteiger partial charge < -0.3 is 10.3 Å². The van der Waals surface area contributed by atoms with Gasteiger partial charge in [-0.25, -0.2) is 8.42 Å². The first-order valence-electron chi connectivity index (χ1n) is 6.83. The number of carbonyl (C=O) groups excluding carboxylic acids is 1. The number of carbonyl (C=O) groups is 1. The van der Waals surface area contributed by atoms with Crippen LogP contribution in [0, 0.1) is 0 Å². The third-order valence-electron chi connectivity index (χ3n) is 3.26. The number of aryl methyl sites for hydroxylation is 1. The molecular formula is C14H14N6O3S. The lowest BCUT2D eigenvalue weighted by molar-refractivity contribution is 0.0992. The molecule has 0 unspecified atom stereocenters. The molecule has 3 aromatic rings. The second-order valence-corrected chi connectivity index (χ2v) is 6.68. The zero-order chi connectivity index (χ0) is 17.3. The average Bonchev–Trinajstić information content (AvgIpc) is 3.15. The van der Waals surface area contributed by atoms with Gasteiger partial charge in [0.2, 0.25) is 0 Å². The fraction of sp³-hybridized carbons (Fsp3) is 0.0714. The van der Waals surface area contributed by atoms with Crippen LogP contribution in [0.2, 0.25) is 0 Å². The summed E-state index contributed by atoms with van der Waals surface area (Å²) in [4.78, 5) is 12.5. The number of nitrogens with zero attached hydrogens (tertiary/aromatic N) is 4. The van der Waals surface area contributed by atoms with E-state index in [2.05, 4.69) is 14.9 Å². The number of amides is 1. The monoisotopic (exact) mass is 346 g/mol. The molecule has 1 aromatic carbocycles. The molecule has 3 rings (SSSR count). The number of aromatic nitrogens is 4. The zero-order valence-electron chi connectivity index (χ0n) is 12.6. The summed E-state index contributed by atoms with van der Waals surface area (Å²) in [5, 5.41) is 8.09. The van der Waals surface area contributed by atoms with Crippen molar-refractivity contribution in [1.29, 1.82) is 0 Å². The Morgan fingerprint density at radius 2 is 1.96 bits per heavy atom. The Morgan fingerprint density at radius 1 is 1.25 bits per heavy atom. The van der Waals surface area contributed by atoms with E-state index in [9.17, 15) is 13.2 Å². The third kappa shape index (κ3) is 2.99. The molecule has 0 spiro atoms. The van der Waals surface area contributed by atoms with E-state index in [-0.39, 0.29) is 16.4 Å². The lowest BCUT2D eigenvalue weighted by Gasteiger charge is -2.02. The highest BCUT2D eigenvalue weighted by Gasteiger charge is 2.20. The van der Waals surface area contributed by atoms with Crippen molar-refractivity contribution in [3.63, 3.8) is 0 Å². The molecule has 0 aliphatic carbocycles. The highest BCUT2D eigenvalue weighted by molar-refractivity contribution is 7.92. The van der Waals surface area contributed by atoms with Gasteiger partial charge in [-0.15, -0.1) is 9.90 Å². The molecule has 24 heavy (non-hydrogen) atoms. The Bertz CT molecular complexity index is 991. The van der Waals surface area contributed by atoms with Gasteiger partial charge in [-0.2, -0.15) is 5.10 Å². The second-order valence-electron chi connectivity index (χ2n) is 5.00. The van der Waals surface area contributed by atoms with Crippen LogP contribution >= 0.6 is 0 Å². The minimum Gasteiger partial charge on any atom is -0.364 e. The maximum Gasteiger partial charge on any atom is 0.265 e. The molecule has 0 radical (unpaired) electrons. The Kier molecular flexibility index (Phi) is 3.81. The molecule has 3 N–H and O–H groups in total. The quantitative estimate of drug-likeness (QED) is 0.696. The van der Waals surface area contributed by atoms with Crippen molar-refractivity contribution in [3.05, 3.63) is 54.5 Å². The van der Waals surface area contributed by atoms with Crippen molar-refractivity contribution in [3.8, 4) is 5.69 Å². The van der Waals surface area contributed by atoms with Crippen molar-refractivity contribution in [2.45, 2.75) is 4.90 Å². The first-order chi connectivity index (χ1) is 11.4. The van der Waals surface area contributed by atoms with Crippen molar-refractivity contribution < 1.29 is 13.2 Å². The lowest BCUT2D eigenvalue weighted by atomic mass is 10.3. The molecule has 0 aliphatic rings. The van der Waals surface area contributed by atoms with Crippen molar-refractivity contribution >= 4 is 21.7 Å². The number of hydrogen-bond donors (Lipinski definition) is 2. The maximum atomic E-state index is 12.4. The average molecular weight is 346 g/mol. The van der Waals surface area contributed by atoms with Crippen molar-refractivity contribution in [2.75, 3.05) is 4.72 Å². The number of nitrogens with two attached hydrogens (primary N) is 1. The van der Waals surface area contributed by atoms with E-state index < -0.39 is 15.9 Å². The van der Waals surface area contributed by atoms with E-state index in [1.807, 2.05) is 18.2 Å². The lowest BCUT2D eigenvalue weighted by Crippen LogP contribution is -2.14. The van der Waals surface area contributed by atoms with Gasteiger partial charge in [0.05, 0.1) is 11.9 Å². The third-order valence-corrected chi connectivity index (χ3v) is 4.58. The molecule has 0 atom stereocenters. The Balaban J connectivity index is 1.87. The molecule has 0 saturated carbocycles. The van der Waals surface area contributed by atoms with Gasteiger partial charge in [0.25, 0.3) is 15.9 Å². The van der Waals surface area contributed by atoms with Crippen LogP contribution < -0.4 is 10.5 Å². The van der Waals surface area contributed by atoms with Crippen LogP contribution in [0.5, 0.6) is 0 Å².